The number of nitrogens with zero attached hydrogens (tertiary/aromatic N) is 1. The van der Waals surface area contributed by atoms with E-state index in [9.17, 15) is 22.8 Å². The fourth-order valence-corrected chi connectivity index (χ4v) is 3.22. The minimum atomic E-state index is -4.41. The van der Waals surface area contributed by atoms with Gasteiger partial charge in [-0.1, -0.05) is 0 Å². The van der Waals surface area contributed by atoms with Crippen molar-refractivity contribution in [3.05, 3.63) is 21.9 Å². The molecular weight excluding hydrogens is 367 g/mol. The zero-order chi connectivity index (χ0) is 17.0. The summed E-state index contributed by atoms with van der Waals surface area (Å²) < 4.78 is 39.6. The van der Waals surface area contributed by atoms with Crippen molar-refractivity contribution < 1.29 is 22.8 Å². The SMILES string of the molecule is CC(=O)c1csc(C(=O)NCC(N2CCNCC2)C(F)(F)F)c1.Cl. The summed E-state index contributed by atoms with van der Waals surface area (Å²) in [5, 5.41) is 6.85. The number of Topliss-reactive ketones (excluding diaryl/α,β-unsaturated/α-hetero) is 1. The Bertz CT molecular complexity index is 574. The van der Waals surface area contributed by atoms with Crippen LogP contribution in [-0.4, -0.2) is 61.5 Å². The van der Waals surface area contributed by atoms with E-state index in [-0.39, 0.29) is 36.2 Å². The van der Waals surface area contributed by atoms with E-state index in [1.165, 1.54) is 23.3 Å². The lowest BCUT2D eigenvalue weighted by Crippen LogP contribution is -2.57. The lowest BCUT2D eigenvalue weighted by atomic mass is 10.2. The molecule has 1 aromatic rings. The van der Waals surface area contributed by atoms with Crippen LogP contribution in [0.3, 0.4) is 0 Å². The van der Waals surface area contributed by atoms with Gasteiger partial charge in [0.25, 0.3) is 5.91 Å². The molecule has 1 fully saturated rings. The van der Waals surface area contributed by atoms with Gasteiger partial charge in [0.05, 0.1) is 4.88 Å². The number of nitrogens with one attached hydrogen (secondary N) is 2. The van der Waals surface area contributed by atoms with Crippen LogP contribution in [-0.2, 0) is 0 Å². The number of rotatable bonds is 5. The average Bonchev–Trinajstić information content (AvgIpc) is 2.97. The van der Waals surface area contributed by atoms with Crippen molar-refractivity contribution in [3.63, 3.8) is 0 Å². The summed E-state index contributed by atoms with van der Waals surface area (Å²) in [5.41, 5.74) is 0.384. The van der Waals surface area contributed by atoms with Gasteiger partial charge in [-0.25, -0.2) is 0 Å². The molecule has 1 atom stereocenters. The highest BCUT2D eigenvalue weighted by atomic mass is 35.5. The standard InChI is InChI=1S/C14H18F3N3O2S.ClH/c1-9(21)10-6-11(23-8-10)13(22)19-7-12(14(15,16)17)20-4-2-18-3-5-20;/h6,8,12,18H,2-5,7H2,1H3,(H,19,22);1H. The number of carbonyl (C=O) groups excluding carboxylic acids is 2. The molecule has 0 aromatic carbocycles. The van der Waals surface area contributed by atoms with Crippen molar-refractivity contribution in [1.29, 1.82) is 0 Å². The molecule has 2 heterocycles. The Kier molecular flexibility index (Phi) is 7.65. The first kappa shape index (κ1) is 20.9. The van der Waals surface area contributed by atoms with Gasteiger partial charge in [-0.2, -0.15) is 13.2 Å². The Morgan fingerprint density at radius 1 is 1.38 bits per heavy atom. The molecular formula is C14H19ClF3N3O2S. The van der Waals surface area contributed by atoms with Gasteiger partial charge in [-0.15, -0.1) is 23.7 Å². The van der Waals surface area contributed by atoms with Crippen molar-refractivity contribution >= 4 is 35.4 Å². The zero-order valence-electron chi connectivity index (χ0n) is 13.0. The predicted octanol–water partition coefficient (Wildman–Crippen LogP) is 1.94. The van der Waals surface area contributed by atoms with Crippen LogP contribution in [0.1, 0.15) is 27.0 Å². The van der Waals surface area contributed by atoms with Gasteiger partial charge >= 0.3 is 6.18 Å². The highest BCUT2D eigenvalue weighted by molar-refractivity contribution is 7.12. The Balaban J connectivity index is 0.00000288. The van der Waals surface area contributed by atoms with Gasteiger partial charge in [-0.05, 0) is 13.0 Å². The van der Waals surface area contributed by atoms with Gasteiger partial charge in [-0.3, -0.25) is 14.5 Å². The molecule has 1 aliphatic heterocycles. The van der Waals surface area contributed by atoms with Crippen molar-refractivity contribution in [2.24, 2.45) is 0 Å². The van der Waals surface area contributed by atoms with E-state index in [0.717, 1.165) is 11.3 Å². The lowest BCUT2D eigenvalue weighted by Gasteiger charge is -2.35. The molecule has 0 radical (unpaired) electrons. The molecule has 136 valence electrons. The molecule has 10 heteroatoms. The molecule has 2 N–H and O–H groups in total. The molecule has 0 aliphatic carbocycles. The highest BCUT2D eigenvalue weighted by Crippen LogP contribution is 2.25. The van der Waals surface area contributed by atoms with Crippen LogP contribution in [0.4, 0.5) is 13.2 Å². The van der Waals surface area contributed by atoms with Crippen LogP contribution >= 0.6 is 23.7 Å². The molecule has 1 saturated heterocycles. The van der Waals surface area contributed by atoms with Gasteiger partial charge in [0.1, 0.15) is 6.04 Å². The smallest absolute Gasteiger partial charge is 0.349 e. The fraction of sp³-hybridized carbons (Fsp3) is 0.571. The molecule has 2 rings (SSSR count). The van der Waals surface area contributed by atoms with Gasteiger partial charge in [0.2, 0.25) is 0 Å². The first-order chi connectivity index (χ1) is 10.8. The number of amides is 1. The van der Waals surface area contributed by atoms with Gasteiger partial charge in [0, 0.05) is 43.7 Å². The van der Waals surface area contributed by atoms with E-state index in [2.05, 4.69) is 10.6 Å². The second-order valence-corrected chi connectivity index (χ2v) is 6.22. The predicted molar refractivity (Wildman–Crippen MR) is 88.2 cm³/mol. The maximum Gasteiger partial charge on any atom is 0.405 e. The van der Waals surface area contributed by atoms with Gasteiger partial charge in [0.15, 0.2) is 5.78 Å². The maximum atomic E-state index is 13.2. The van der Waals surface area contributed by atoms with E-state index in [0.29, 0.717) is 18.7 Å². The summed E-state index contributed by atoms with van der Waals surface area (Å²) in [6.45, 7) is 2.42. The van der Waals surface area contributed by atoms with E-state index < -0.39 is 24.7 Å². The van der Waals surface area contributed by atoms with Crippen molar-refractivity contribution in [3.8, 4) is 0 Å². The second kappa shape index (κ2) is 8.80. The highest BCUT2D eigenvalue weighted by Gasteiger charge is 2.43. The van der Waals surface area contributed by atoms with Crippen LogP contribution in [0.5, 0.6) is 0 Å². The summed E-state index contributed by atoms with van der Waals surface area (Å²) >= 11 is 1.04. The quantitative estimate of drug-likeness (QED) is 0.760. The maximum absolute atomic E-state index is 13.2. The third kappa shape index (κ3) is 5.44. The van der Waals surface area contributed by atoms with Crippen LogP contribution in [0, 0.1) is 0 Å². The van der Waals surface area contributed by atoms with Crippen molar-refractivity contribution in [2.75, 3.05) is 32.7 Å². The van der Waals surface area contributed by atoms with E-state index in [1.54, 1.807) is 0 Å². The van der Waals surface area contributed by atoms with E-state index >= 15 is 0 Å². The second-order valence-electron chi connectivity index (χ2n) is 5.31. The Hall–Kier alpha value is -1.16. The molecule has 1 aromatic heterocycles. The normalized spacial score (nSPS) is 17.0. The molecule has 1 aliphatic rings. The Labute approximate surface area is 148 Å². The Morgan fingerprint density at radius 3 is 2.50 bits per heavy atom. The number of hydrogen-bond acceptors (Lipinski definition) is 5. The summed E-state index contributed by atoms with van der Waals surface area (Å²) in [5.74, 6) is -0.777. The minimum Gasteiger partial charge on any atom is -0.349 e. The lowest BCUT2D eigenvalue weighted by molar-refractivity contribution is -0.183. The zero-order valence-corrected chi connectivity index (χ0v) is 14.6. The first-order valence-corrected chi connectivity index (χ1v) is 8.06. The first-order valence-electron chi connectivity index (χ1n) is 7.18. The van der Waals surface area contributed by atoms with Crippen LogP contribution in [0.25, 0.3) is 0 Å². The molecule has 5 nitrogen and oxygen atoms in total. The van der Waals surface area contributed by atoms with E-state index in [1.807, 2.05) is 0 Å². The molecule has 24 heavy (non-hydrogen) atoms. The third-order valence-corrected chi connectivity index (χ3v) is 4.58. The summed E-state index contributed by atoms with van der Waals surface area (Å²) in [6.07, 6.45) is -4.41. The molecule has 1 amide bonds. The van der Waals surface area contributed by atoms with Crippen LogP contribution < -0.4 is 10.6 Å². The van der Waals surface area contributed by atoms with Crippen molar-refractivity contribution in [1.82, 2.24) is 15.5 Å². The molecule has 0 spiro atoms. The summed E-state index contributed by atoms with van der Waals surface area (Å²) in [6, 6.07) is -0.309. The monoisotopic (exact) mass is 385 g/mol. The molecule has 0 saturated carbocycles. The summed E-state index contributed by atoms with van der Waals surface area (Å²) in [7, 11) is 0. The number of thiophene rings is 1. The number of piperazine rings is 1. The number of hydrogen-bond donors (Lipinski definition) is 2. The largest absolute Gasteiger partial charge is 0.405 e. The molecule has 0 bridgehead atoms. The topological polar surface area (TPSA) is 61.4 Å². The Morgan fingerprint density at radius 2 is 2.00 bits per heavy atom. The minimum absolute atomic E-state index is 0. The number of ketones is 1. The third-order valence-electron chi connectivity index (χ3n) is 3.66. The van der Waals surface area contributed by atoms with Crippen LogP contribution in [0.2, 0.25) is 0 Å². The number of halogens is 4. The number of carbonyl (C=O) groups is 2. The van der Waals surface area contributed by atoms with E-state index in [4.69, 9.17) is 0 Å². The fourth-order valence-electron chi connectivity index (χ4n) is 2.36. The number of alkyl halides is 3. The summed E-state index contributed by atoms with van der Waals surface area (Å²) in [4.78, 5) is 24.7. The van der Waals surface area contributed by atoms with Crippen molar-refractivity contribution in [2.45, 2.75) is 19.1 Å². The van der Waals surface area contributed by atoms with Crippen LogP contribution in [0.15, 0.2) is 11.4 Å². The van der Waals surface area contributed by atoms with Gasteiger partial charge < -0.3 is 10.6 Å². The molecule has 1 unspecified atom stereocenters. The average molecular weight is 386 g/mol.